The van der Waals surface area contributed by atoms with Gasteiger partial charge in [-0.15, -0.1) is 0 Å². The lowest BCUT2D eigenvalue weighted by atomic mass is 9.83. The number of carbonyl (C=O) groups is 2. The molecule has 0 aliphatic carbocycles. The van der Waals surface area contributed by atoms with Gasteiger partial charge >= 0.3 is 0 Å². The summed E-state index contributed by atoms with van der Waals surface area (Å²) >= 11 is 0. The number of hydrogen-bond donors (Lipinski definition) is 1. The van der Waals surface area contributed by atoms with E-state index < -0.39 is 11.6 Å². The van der Waals surface area contributed by atoms with Crippen LogP contribution in [0.4, 0.5) is 4.39 Å². The van der Waals surface area contributed by atoms with E-state index in [9.17, 15) is 14.0 Å². The van der Waals surface area contributed by atoms with Crippen molar-refractivity contribution in [2.24, 2.45) is 16.6 Å². The van der Waals surface area contributed by atoms with Crippen molar-refractivity contribution in [3.05, 3.63) is 107 Å². The fourth-order valence-corrected chi connectivity index (χ4v) is 4.92. The summed E-state index contributed by atoms with van der Waals surface area (Å²) in [5.74, 6) is -0.0573. The summed E-state index contributed by atoms with van der Waals surface area (Å²) in [6.45, 7) is 6.50. The van der Waals surface area contributed by atoms with Crippen LogP contribution in [0.1, 0.15) is 66.7 Å². The SMILES string of the molecule is CC(C)CC[C@]1(c2ccccc2)N=C(N)N([C@H](C)c2cccc(C(=O)N(C)Cc3ccc(F)cc3)c2)C1=O. The Morgan fingerprint density at radius 3 is 2.37 bits per heavy atom. The predicted molar refractivity (Wildman–Crippen MR) is 148 cm³/mol. The summed E-state index contributed by atoms with van der Waals surface area (Å²) in [6, 6.07) is 22.5. The van der Waals surface area contributed by atoms with Crippen molar-refractivity contribution in [1.82, 2.24) is 9.80 Å². The summed E-state index contributed by atoms with van der Waals surface area (Å²) < 4.78 is 13.2. The Hall–Kier alpha value is -4.00. The summed E-state index contributed by atoms with van der Waals surface area (Å²) in [7, 11) is 1.71. The number of nitrogens with two attached hydrogens (primary N) is 1. The van der Waals surface area contributed by atoms with Gasteiger partial charge in [-0.2, -0.15) is 0 Å². The van der Waals surface area contributed by atoms with Gasteiger partial charge in [0.2, 0.25) is 0 Å². The van der Waals surface area contributed by atoms with Crippen LogP contribution in [-0.2, 0) is 16.9 Å². The van der Waals surface area contributed by atoms with Gasteiger partial charge in [-0.1, -0.05) is 68.4 Å². The van der Waals surface area contributed by atoms with E-state index in [1.54, 1.807) is 41.1 Å². The molecule has 0 fully saturated rings. The van der Waals surface area contributed by atoms with Crippen LogP contribution in [0.5, 0.6) is 0 Å². The van der Waals surface area contributed by atoms with Gasteiger partial charge in [0.1, 0.15) is 5.82 Å². The Kier molecular flexibility index (Phi) is 7.95. The highest BCUT2D eigenvalue weighted by molar-refractivity contribution is 6.07. The van der Waals surface area contributed by atoms with Crippen LogP contribution < -0.4 is 5.73 Å². The van der Waals surface area contributed by atoms with E-state index in [2.05, 4.69) is 13.8 Å². The fraction of sp³-hybridized carbons (Fsp3) is 0.323. The number of rotatable bonds is 9. The van der Waals surface area contributed by atoms with E-state index in [1.807, 2.05) is 49.4 Å². The lowest BCUT2D eigenvalue weighted by Crippen LogP contribution is -2.44. The summed E-state index contributed by atoms with van der Waals surface area (Å²) in [4.78, 5) is 35.2. The molecule has 2 amide bonds. The van der Waals surface area contributed by atoms with E-state index in [0.29, 0.717) is 24.4 Å². The first-order valence-electron chi connectivity index (χ1n) is 13.0. The van der Waals surface area contributed by atoms with E-state index in [0.717, 1.165) is 23.1 Å². The standard InChI is InChI=1S/C31H35FN4O2/c1-21(2)17-18-31(26-11-6-5-7-12-26)29(38)36(30(33)34-31)22(3)24-9-8-10-25(19-24)28(37)35(4)20-23-13-15-27(32)16-14-23/h5-16,19,21-22H,17-18,20H2,1-4H3,(H2,33,34)/t22-,31-/m1/s1. The number of aliphatic imine (C=N–C) groups is 1. The van der Waals surface area contributed by atoms with Gasteiger partial charge in [-0.05, 0) is 66.6 Å². The first kappa shape index (κ1) is 27.0. The van der Waals surface area contributed by atoms with Gasteiger partial charge in [0.05, 0.1) is 6.04 Å². The molecule has 2 atom stereocenters. The maximum Gasteiger partial charge on any atom is 0.262 e. The predicted octanol–water partition coefficient (Wildman–Crippen LogP) is 5.65. The van der Waals surface area contributed by atoms with Gasteiger partial charge in [0.15, 0.2) is 11.5 Å². The smallest absolute Gasteiger partial charge is 0.262 e. The molecular formula is C31H35FN4O2. The number of benzene rings is 3. The molecular weight excluding hydrogens is 479 g/mol. The van der Waals surface area contributed by atoms with Gasteiger partial charge < -0.3 is 10.6 Å². The molecule has 4 rings (SSSR count). The Morgan fingerprint density at radius 2 is 1.71 bits per heavy atom. The largest absolute Gasteiger partial charge is 0.369 e. The third kappa shape index (κ3) is 5.47. The summed E-state index contributed by atoms with van der Waals surface area (Å²) in [6.07, 6.45) is 1.38. The first-order valence-corrected chi connectivity index (χ1v) is 13.0. The van der Waals surface area contributed by atoms with Crippen LogP contribution in [-0.4, -0.2) is 34.6 Å². The van der Waals surface area contributed by atoms with Gasteiger partial charge in [0.25, 0.3) is 11.8 Å². The average Bonchev–Trinajstić information content (AvgIpc) is 3.18. The quantitative estimate of drug-likeness (QED) is 0.401. The van der Waals surface area contributed by atoms with Crippen molar-refractivity contribution in [2.45, 2.75) is 51.7 Å². The zero-order valence-electron chi connectivity index (χ0n) is 22.4. The highest BCUT2D eigenvalue weighted by Crippen LogP contribution is 2.41. The van der Waals surface area contributed by atoms with Crippen molar-refractivity contribution in [2.75, 3.05) is 7.05 Å². The number of nitrogens with zero attached hydrogens (tertiary/aromatic N) is 3. The molecule has 0 saturated carbocycles. The Labute approximate surface area is 224 Å². The van der Waals surface area contributed by atoms with E-state index in [-0.39, 0.29) is 23.6 Å². The minimum Gasteiger partial charge on any atom is -0.369 e. The Balaban J connectivity index is 1.58. The maximum atomic E-state index is 14.0. The van der Waals surface area contributed by atoms with Crippen LogP contribution in [0.15, 0.2) is 83.9 Å². The number of guanidine groups is 1. The highest BCUT2D eigenvalue weighted by atomic mass is 19.1. The monoisotopic (exact) mass is 514 g/mol. The number of amides is 2. The highest BCUT2D eigenvalue weighted by Gasteiger charge is 2.50. The molecule has 3 aromatic carbocycles. The second-order valence-corrected chi connectivity index (χ2v) is 10.4. The zero-order chi connectivity index (χ0) is 27.4. The second kappa shape index (κ2) is 11.2. The second-order valence-electron chi connectivity index (χ2n) is 10.4. The van der Waals surface area contributed by atoms with Crippen molar-refractivity contribution in [3.8, 4) is 0 Å². The van der Waals surface area contributed by atoms with Crippen LogP contribution in [0, 0.1) is 11.7 Å². The van der Waals surface area contributed by atoms with Crippen LogP contribution >= 0.6 is 0 Å². The lowest BCUT2D eigenvalue weighted by Gasteiger charge is -2.30. The molecule has 38 heavy (non-hydrogen) atoms. The van der Waals surface area contributed by atoms with Gasteiger partial charge in [-0.25, -0.2) is 9.38 Å². The number of hydrogen-bond acceptors (Lipinski definition) is 4. The minimum atomic E-state index is -1.06. The molecule has 2 N–H and O–H groups in total. The van der Waals surface area contributed by atoms with E-state index in [1.165, 1.54) is 12.1 Å². The molecule has 7 heteroatoms. The Bertz CT molecular complexity index is 1320. The van der Waals surface area contributed by atoms with Crippen molar-refractivity contribution in [1.29, 1.82) is 0 Å². The van der Waals surface area contributed by atoms with Crippen LogP contribution in [0.25, 0.3) is 0 Å². The third-order valence-corrected chi connectivity index (χ3v) is 7.14. The molecule has 1 heterocycles. The molecule has 0 aromatic heterocycles. The van der Waals surface area contributed by atoms with Crippen molar-refractivity contribution >= 4 is 17.8 Å². The lowest BCUT2D eigenvalue weighted by molar-refractivity contribution is -0.133. The fourth-order valence-electron chi connectivity index (χ4n) is 4.92. The number of halogens is 1. The average molecular weight is 515 g/mol. The molecule has 1 aliphatic rings. The summed E-state index contributed by atoms with van der Waals surface area (Å²) in [5, 5.41) is 0. The molecule has 0 radical (unpaired) electrons. The van der Waals surface area contributed by atoms with Crippen LogP contribution in [0.3, 0.4) is 0 Å². The van der Waals surface area contributed by atoms with Crippen molar-refractivity contribution < 1.29 is 14.0 Å². The normalized spacial score (nSPS) is 18.0. The van der Waals surface area contributed by atoms with E-state index >= 15 is 0 Å². The molecule has 198 valence electrons. The van der Waals surface area contributed by atoms with Crippen LogP contribution in [0.2, 0.25) is 0 Å². The van der Waals surface area contributed by atoms with Gasteiger partial charge in [0, 0.05) is 19.2 Å². The molecule has 0 saturated heterocycles. The first-order chi connectivity index (χ1) is 18.1. The molecule has 6 nitrogen and oxygen atoms in total. The molecule has 3 aromatic rings. The van der Waals surface area contributed by atoms with E-state index in [4.69, 9.17) is 10.7 Å². The number of carbonyl (C=O) groups excluding carboxylic acids is 2. The van der Waals surface area contributed by atoms with Gasteiger partial charge in [-0.3, -0.25) is 14.5 Å². The molecule has 0 spiro atoms. The topological polar surface area (TPSA) is 79.0 Å². The Morgan fingerprint density at radius 1 is 1.03 bits per heavy atom. The molecule has 0 unspecified atom stereocenters. The summed E-state index contributed by atoms with van der Waals surface area (Å²) in [5.41, 5.74) is 8.30. The minimum absolute atomic E-state index is 0.153. The maximum absolute atomic E-state index is 14.0. The molecule has 1 aliphatic heterocycles. The third-order valence-electron chi connectivity index (χ3n) is 7.14. The molecule has 0 bridgehead atoms. The van der Waals surface area contributed by atoms with Crippen molar-refractivity contribution in [3.63, 3.8) is 0 Å². The zero-order valence-corrected chi connectivity index (χ0v) is 22.4.